The van der Waals surface area contributed by atoms with E-state index < -0.39 is 23.6 Å². The summed E-state index contributed by atoms with van der Waals surface area (Å²) in [6, 6.07) is 6.55. The maximum Gasteiger partial charge on any atom is 0.257 e. The van der Waals surface area contributed by atoms with Crippen LogP contribution in [0.2, 0.25) is 0 Å². The summed E-state index contributed by atoms with van der Waals surface area (Å²) in [5.74, 6) is -2.29. The molecule has 0 N–H and O–H groups in total. The van der Waals surface area contributed by atoms with Gasteiger partial charge in [-0.1, -0.05) is 17.3 Å². The van der Waals surface area contributed by atoms with Crippen molar-refractivity contribution in [1.82, 2.24) is 15.0 Å². The molecule has 1 saturated heterocycles. The molecule has 2 aromatic heterocycles. The number of halogens is 2. The molecule has 0 saturated carbocycles. The lowest BCUT2D eigenvalue weighted by Crippen LogP contribution is -2.43. The third-order valence-corrected chi connectivity index (χ3v) is 4.91. The van der Waals surface area contributed by atoms with Gasteiger partial charge in [0.1, 0.15) is 6.04 Å². The van der Waals surface area contributed by atoms with Crippen molar-refractivity contribution in [3.63, 3.8) is 0 Å². The van der Waals surface area contributed by atoms with Gasteiger partial charge in [-0.05, 0) is 23.6 Å². The van der Waals surface area contributed by atoms with Gasteiger partial charge in [0.15, 0.2) is 11.6 Å². The minimum absolute atomic E-state index is 0.134. The first-order chi connectivity index (χ1) is 12.6. The minimum Gasteiger partial charge on any atom is -0.377 e. The average molecular weight is 377 g/mol. The van der Waals surface area contributed by atoms with Gasteiger partial charge < -0.3 is 14.2 Å². The average Bonchev–Trinajstić information content (AvgIpc) is 3.35. The Morgan fingerprint density at radius 2 is 2.15 bits per heavy atom. The first kappa shape index (κ1) is 16.8. The Kier molecular flexibility index (Phi) is 4.48. The summed E-state index contributed by atoms with van der Waals surface area (Å²) in [6.45, 7) is 0.621. The van der Waals surface area contributed by atoms with Crippen LogP contribution in [0.5, 0.6) is 0 Å². The molecular formula is C17H13F2N3O3S. The van der Waals surface area contributed by atoms with Crippen molar-refractivity contribution in [3.05, 3.63) is 58.8 Å². The summed E-state index contributed by atoms with van der Waals surface area (Å²) < 4.78 is 38.2. The monoisotopic (exact) mass is 377 g/mol. The van der Waals surface area contributed by atoms with Gasteiger partial charge in [0.25, 0.3) is 11.8 Å². The van der Waals surface area contributed by atoms with Crippen LogP contribution in [0.4, 0.5) is 8.78 Å². The molecule has 26 heavy (non-hydrogen) atoms. The summed E-state index contributed by atoms with van der Waals surface area (Å²) in [5.41, 5.74) is -0.338. The fourth-order valence-electron chi connectivity index (χ4n) is 2.75. The number of aromatic nitrogens is 2. The van der Waals surface area contributed by atoms with Crippen LogP contribution < -0.4 is 0 Å². The predicted molar refractivity (Wildman–Crippen MR) is 88.6 cm³/mol. The maximum absolute atomic E-state index is 14.0. The number of morpholine rings is 1. The number of amides is 1. The fourth-order valence-corrected chi connectivity index (χ4v) is 3.40. The van der Waals surface area contributed by atoms with Crippen molar-refractivity contribution in [2.75, 3.05) is 19.8 Å². The molecule has 0 bridgehead atoms. The van der Waals surface area contributed by atoms with Gasteiger partial charge in [-0.25, -0.2) is 8.78 Å². The van der Waals surface area contributed by atoms with Gasteiger partial charge in [0, 0.05) is 6.54 Å². The molecule has 0 spiro atoms. The summed E-state index contributed by atoms with van der Waals surface area (Å²) in [6.07, 6.45) is 0. The molecule has 6 nitrogen and oxygen atoms in total. The van der Waals surface area contributed by atoms with Crippen LogP contribution >= 0.6 is 11.3 Å². The molecule has 3 heterocycles. The number of carbonyl (C=O) groups is 1. The van der Waals surface area contributed by atoms with E-state index in [2.05, 4.69) is 10.1 Å². The Morgan fingerprint density at radius 1 is 1.27 bits per heavy atom. The minimum atomic E-state index is -1.17. The van der Waals surface area contributed by atoms with E-state index in [4.69, 9.17) is 9.26 Å². The van der Waals surface area contributed by atoms with Crippen LogP contribution in [0.1, 0.15) is 22.3 Å². The van der Waals surface area contributed by atoms with E-state index in [1.165, 1.54) is 28.4 Å². The topological polar surface area (TPSA) is 68.5 Å². The van der Waals surface area contributed by atoms with Crippen LogP contribution in [-0.4, -0.2) is 40.7 Å². The molecule has 134 valence electrons. The molecule has 1 aromatic carbocycles. The molecule has 0 aliphatic carbocycles. The number of ether oxygens (including phenoxy) is 1. The van der Waals surface area contributed by atoms with Crippen molar-refractivity contribution < 1.29 is 22.8 Å². The van der Waals surface area contributed by atoms with Gasteiger partial charge in [-0.3, -0.25) is 4.79 Å². The van der Waals surface area contributed by atoms with Gasteiger partial charge in [-0.2, -0.15) is 4.98 Å². The number of benzene rings is 1. The molecule has 1 aliphatic rings. The van der Waals surface area contributed by atoms with Crippen molar-refractivity contribution in [2.45, 2.75) is 6.04 Å². The van der Waals surface area contributed by atoms with Crippen LogP contribution in [0.3, 0.4) is 0 Å². The number of rotatable bonds is 3. The fraction of sp³-hybridized carbons (Fsp3) is 0.235. The van der Waals surface area contributed by atoms with Crippen LogP contribution in [-0.2, 0) is 4.74 Å². The number of hydrogen-bond donors (Lipinski definition) is 0. The molecule has 1 fully saturated rings. The van der Waals surface area contributed by atoms with E-state index >= 15 is 0 Å². The van der Waals surface area contributed by atoms with Crippen molar-refractivity contribution in [2.24, 2.45) is 0 Å². The van der Waals surface area contributed by atoms with E-state index in [0.29, 0.717) is 5.82 Å². The zero-order chi connectivity index (χ0) is 18.1. The highest BCUT2D eigenvalue weighted by Gasteiger charge is 2.35. The van der Waals surface area contributed by atoms with Gasteiger partial charge >= 0.3 is 0 Å². The highest BCUT2D eigenvalue weighted by molar-refractivity contribution is 7.13. The van der Waals surface area contributed by atoms with E-state index in [1.54, 1.807) is 0 Å². The maximum atomic E-state index is 14.0. The second-order valence-electron chi connectivity index (χ2n) is 5.62. The number of nitrogens with zero attached hydrogens (tertiary/aromatic N) is 3. The normalized spacial score (nSPS) is 17.5. The third kappa shape index (κ3) is 2.99. The van der Waals surface area contributed by atoms with Crippen molar-refractivity contribution in [1.29, 1.82) is 0 Å². The Labute approximate surface area is 151 Å². The lowest BCUT2D eigenvalue weighted by Gasteiger charge is -2.33. The standard InChI is InChI=1S/C17H13F2N3O3S/c18-11-4-1-3-10(14(11)19)17(23)22-6-7-24-9-12(22)16-20-15(21-25-16)13-5-2-8-26-13/h1-5,8,12H,6-7,9H2. The molecule has 1 amide bonds. The molecule has 4 rings (SSSR count). The number of thiophene rings is 1. The zero-order valence-corrected chi connectivity index (χ0v) is 14.2. The van der Waals surface area contributed by atoms with Crippen LogP contribution in [0.25, 0.3) is 10.7 Å². The van der Waals surface area contributed by atoms with Crippen LogP contribution in [0.15, 0.2) is 40.2 Å². The van der Waals surface area contributed by atoms with Crippen molar-refractivity contribution >= 4 is 17.2 Å². The molecule has 1 aliphatic heterocycles. The summed E-state index contributed by atoms with van der Waals surface area (Å²) >= 11 is 1.46. The second kappa shape index (κ2) is 6.93. The van der Waals surface area contributed by atoms with E-state index in [9.17, 15) is 13.6 Å². The molecule has 1 atom stereocenters. The molecule has 3 aromatic rings. The molecule has 0 radical (unpaired) electrons. The molecule has 9 heteroatoms. The second-order valence-corrected chi connectivity index (χ2v) is 6.57. The Bertz CT molecular complexity index is 929. The first-order valence-electron chi connectivity index (χ1n) is 7.85. The number of carbonyl (C=O) groups excluding carboxylic acids is 1. The largest absolute Gasteiger partial charge is 0.377 e. The lowest BCUT2D eigenvalue weighted by molar-refractivity contribution is -0.0121. The first-order valence-corrected chi connectivity index (χ1v) is 8.73. The predicted octanol–water partition coefficient (Wildman–Crippen LogP) is 3.29. The van der Waals surface area contributed by atoms with E-state index in [-0.39, 0.29) is 31.2 Å². The highest BCUT2D eigenvalue weighted by atomic mass is 32.1. The number of hydrogen-bond acceptors (Lipinski definition) is 6. The van der Waals surface area contributed by atoms with Crippen LogP contribution in [0, 0.1) is 11.6 Å². The van der Waals surface area contributed by atoms with E-state index in [0.717, 1.165) is 10.9 Å². The Balaban J connectivity index is 1.65. The van der Waals surface area contributed by atoms with Gasteiger partial charge in [-0.15, -0.1) is 11.3 Å². The van der Waals surface area contributed by atoms with E-state index in [1.807, 2.05) is 17.5 Å². The molecule has 1 unspecified atom stereocenters. The Morgan fingerprint density at radius 3 is 2.96 bits per heavy atom. The van der Waals surface area contributed by atoms with Crippen molar-refractivity contribution in [3.8, 4) is 10.7 Å². The summed E-state index contributed by atoms with van der Waals surface area (Å²) in [5, 5.41) is 5.82. The molecular weight excluding hydrogens is 364 g/mol. The zero-order valence-electron chi connectivity index (χ0n) is 13.4. The highest BCUT2D eigenvalue weighted by Crippen LogP contribution is 2.29. The smallest absolute Gasteiger partial charge is 0.257 e. The van der Waals surface area contributed by atoms with Gasteiger partial charge in [0.2, 0.25) is 5.82 Å². The van der Waals surface area contributed by atoms with Gasteiger partial charge in [0.05, 0.1) is 23.7 Å². The lowest BCUT2D eigenvalue weighted by atomic mass is 10.1. The summed E-state index contributed by atoms with van der Waals surface area (Å²) in [4.78, 5) is 19.3. The Hall–Kier alpha value is -2.65. The third-order valence-electron chi connectivity index (χ3n) is 4.04. The quantitative estimate of drug-likeness (QED) is 0.701. The summed E-state index contributed by atoms with van der Waals surface area (Å²) in [7, 11) is 0. The SMILES string of the molecule is O=C(c1cccc(F)c1F)N1CCOCC1c1nc(-c2cccs2)no1.